The molecule has 0 saturated carbocycles. The average molecular weight is 413 g/mol. The zero-order valence-corrected chi connectivity index (χ0v) is 16.6. The normalized spacial score (nSPS) is 11.0. The number of hydrogen-bond donors (Lipinski definition) is 2. The number of rotatable bonds is 6. The van der Waals surface area contributed by atoms with Crippen molar-refractivity contribution >= 4 is 18.1 Å². The molecule has 154 valence electrons. The number of hydrazone groups is 1. The van der Waals surface area contributed by atoms with Crippen LogP contribution >= 0.6 is 0 Å². The van der Waals surface area contributed by atoms with Crippen LogP contribution in [0.3, 0.4) is 0 Å². The number of aryl methyl sites for hydroxylation is 1. The maximum absolute atomic E-state index is 12.6. The molecular formula is C24H19N3O4. The van der Waals surface area contributed by atoms with Crippen LogP contribution in [0, 0.1) is 6.92 Å². The number of hydrogen-bond acceptors (Lipinski definition) is 4. The third kappa shape index (κ3) is 4.30. The topological polar surface area (TPSA) is 96.8 Å². The molecule has 1 amide bonds. The third-order valence-electron chi connectivity index (χ3n) is 4.75. The van der Waals surface area contributed by atoms with Gasteiger partial charge in [-0.15, -0.1) is 0 Å². The van der Waals surface area contributed by atoms with Gasteiger partial charge in [0.25, 0.3) is 5.91 Å². The minimum Gasteiger partial charge on any atom is -0.478 e. The standard InChI is InChI=1S/C24H19N3O4/c1-16-14-17(24(29)30)8-10-19(16)22-11-9-18(31-22)15-25-26-23(28)20-6-2-3-7-21(20)27-12-4-5-13-27/h2-15H,1H3,(H,26,28)(H,29,30). The summed E-state index contributed by atoms with van der Waals surface area (Å²) in [5.74, 6) is -0.278. The minimum absolute atomic E-state index is 0.220. The van der Waals surface area contributed by atoms with Gasteiger partial charge in [-0.1, -0.05) is 18.2 Å². The first kappa shape index (κ1) is 19.9. The van der Waals surface area contributed by atoms with Gasteiger partial charge in [-0.2, -0.15) is 5.10 Å². The zero-order valence-electron chi connectivity index (χ0n) is 16.6. The number of carbonyl (C=O) groups is 2. The number of benzene rings is 2. The van der Waals surface area contributed by atoms with Gasteiger partial charge in [-0.05, 0) is 61.0 Å². The number of aromatic nitrogens is 1. The molecule has 0 bridgehead atoms. The van der Waals surface area contributed by atoms with Crippen molar-refractivity contribution in [2.24, 2.45) is 5.10 Å². The van der Waals surface area contributed by atoms with Crippen LogP contribution in [0.25, 0.3) is 17.0 Å². The fourth-order valence-electron chi connectivity index (χ4n) is 3.24. The molecular weight excluding hydrogens is 394 g/mol. The lowest BCUT2D eigenvalue weighted by Crippen LogP contribution is -2.19. The van der Waals surface area contributed by atoms with Crippen LogP contribution in [0.15, 0.2) is 88.6 Å². The molecule has 0 spiro atoms. The van der Waals surface area contributed by atoms with E-state index in [4.69, 9.17) is 9.52 Å². The van der Waals surface area contributed by atoms with Crippen LogP contribution in [-0.2, 0) is 0 Å². The Kier molecular flexibility index (Phi) is 5.49. The van der Waals surface area contributed by atoms with E-state index in [1.807, 2.05) is 48.1 Å². The second-order valence-corrected chi connectivity index (χ2v) is 6.84. The highest BCUT2D eigenvalue weighted by molar-refractivity contribution is 5.98. The highest BCUT2D eigenvalue weighted by atomic mass is 16.4. The van der Waals surface area contributed by atoms with Crippen molar-refractivity contribution in [3.63, 3.8) is 0 Å². The van der Waals surface area contributed by atoms with Gasteiger partial charge in [-0.3, -0.25) is 4.79 Å². The Balaban J connectivity index is 1.47. The van der Waals surface area contributed by atoms with Crippen molar-refractivity contribution in [1.82, 2.24) is 9.99 Å². The average Bonchev–Trinajstić information content (AvgIpc) is 3.46. The number of amides is 1. The van der Waals surface area contributed by atoms with Crippen LogP contribution in [0.1, 0.15) is 32.0 Å². The molecule has 2 heterocycles. The van der Waals surface area contributed by atoms with E-state index in [1.165, 1.54) is 12.3 Å². The summed E-state index contributed by atoms with van der Waals surface area (Å²) in [6.45, 7) is 1.82. The van der Waals surface area contributed by atoms with E-state index in [1.54, 1.807) is 36.4 Å². The summed E-state index contributed by atoms with van der Waals surface area (Å²) < 4.78 is 7.63. The molecule has 0 aliphatic carbocycles. The van der Waals surface area contributed by atoms with E-state index < -0.39 is 5.97 Å². The Morgan fingerprint density at radius 2 is 1.81 bits per heavy atom. The molecule has 0 aliphatic heterocycles. The molecule has 2 N–H and O–H groups in total. The van der Waals surface area contributed by atoms with Crippen molar-refractivity contribution < 1.29 is 19.1 Å². The first-order valence-corrected chi connectivity index (χ1v) is 9.53. The van der Waals surface area contributed by atoms with Crippen molar-refractivity contribution in [3.8, 4) is 17.0 Å². The number of furan rings is 1. The molecule has 31 heavy (non-hydrogen) atoms. The summed E-state index contributed by atoms with van der Waals surface area (Å²) in [4.78, 5) is 23.7. The van der Waals surface area contributed by atoms with Gasteiger partial charge < -0.3 is 14.1 Å². The lowest BCUT2D eigenvalue weighted by molar-refractivity contribution is 0.0696. The second kappa shape index (κ2) is 8.54. The molecule has 0 unspecified atom stereocenters. The van der Waals surface area contributed by atoms with Gasteiger partial charge in [0.15, 0.2) is 0 Å². The maximum Gasteiger partial charge on any atom is 0.335 e. The number of carboxylic acid groups (broad SMARTS) is 1. The number of nitrogens with one attached hydrogen (secondary N) is 1. The predicted molar refractivity (Wildman–Crippen MR) is 117 cm³/mol. The van der Waals surface area contributed by atoms with Crippen molar-refractivity contribution in [3.05, 3.63) is 102 Å². The van der Waals surface area contributed by atoms with Gasteiger partial charge in [0, 0.05) is 18.0 Å². The Hall–Kier alpha value is -4.39. The maximum atomic E-state index is 12.6. The summed E-state index contributed by atoms with van der Waals surface area (Å²) in [5.41, 5.74) is 5.55. The lowest BCUT2D eigenvalue weighted by Gasteiger charge is -2.08. The van der Waals surface area contributed by atoms with Gasteiger partial charge in [0.05, 0.1) is 23.0 Å². The monoisotopic (exact) mass is 413 g/mol. The number of carboxylic acids is 1. The Morgan fingerprint density at radius 1 is 1.03 bits per heavy atom. The molecule has 0 atom stereocenters. The molecule has 4 rings (SSSR count). The molecule has 0 aliphatic rings. The zero-order chi connectivity index (χ0) is 21.8. The highest BCUT2D eigenvalue weighted by Crippen LogP contribution is 2.26. The molecule has 4 aromatic rings. The molecule has 0 fully saturated rings. The van der Waals surface area contributed by atoms with E-state index in [9.17, 15) is 9.59 Å². The number of para-hydroxylation sites is 1. The Labute approximate surface area is 178 Å². The van der Waals surface area contributed by atoms with Crippen LogP contribution in [0.5, 0.6) is 0 Å². The van der Waals surface area contributed by atoms with E-state index in [2.05, 4.69) is 10.5 Å². The smallest absolute Gasteiger partial charge is 0.335 e. The van der Waals surface area contributed by atoms with Crippen molar-refractivity contribution in [1.29, 1.82) is 0 Å². The second-order valence-electron chi connectivity index (χ2n) is 6.84. The number of aromatic carboxylic acids is 1. The summed E-state index contributed by atoms with van der Waals surface area (Å²) >= 11 is 0. The third-order valence-corrected chi connectivity index (χ3v) is 4.75. The fraction of sp³-hybridized carbons (Fsp3) is 0.0417. The van der Waals surface area contributed by atoms with Crippen LogP contribution in [0.4, 0.5) is 0 Å². The number of nitrogens with zero attached hydrogens (tertiary/aromatic N) is 2. The van der Waals surface area contributed by atoms with E-state index in [0.717, 1.165) is 16.8 Å². The fourth-order valence-corrected chi connectivity index (χ4v) is 3.24. The first-order chi connectivity index (χ1) is 15.0. The number of carbonyl (C=O) groups excluding carboxylic acids is 1. The highest BCUT2D eigenvalue weighted by Gasteiger charge is 2.12. The van der Waals surface area contributed by atoms with Gasteiger partial charge >= 0.3 is 5.97 Å². The van der Waals surface area contributed by atoms with Crippen LogP contribution in [0.2, 0.25) is 0 Å². The van der Waals surface area contributed by atoms with Crippen molar-refractivity contribution in [2.75, 3.05) is 0 Å². The van der Waals surface area contributed by atoms with Crippen LogP contribution < -0.4 is 5.43 Å². The van der Waals surface area contributed by atoms with Gasteiger partial charge in [0.1, 0.15) is 11.5 Å². The van der Waals surface area contributed by atoms with Gasteiger partial charge in [0.2, 0.25) is 0 Å². The first-order valence-electron chi connectivity index (χ1n) is 9.53. The molecule has 2 aromatic carbocycles. The van der Waals surface area contributed by atoms with E-state index >= 15 is 0 Å². The molecule has 7 nitrogen and oxygen atoms in total. The summed E-state index contributed by atoms with van der Waals surface area (Å²) in [7, 11) is 0. The summed E-state index contributed by atoms with van der Waals surface area (Å²) in [6, 6.07) is 19.3. The largest absolute Gasteiger partial charge is 0.478 e. The lowest BCUT2D eigenvalue weighted by atomic mass is 10.0. The molecule has 2 aromatic heterocycles. The predicted octanol–water partition coefficient (Wildman–Crippen LogP) is 4.51. The van der Waals surface area contributed by atoms with Crippen LogP contribution in [-0.4, -0.2) is 27.8 Å². The Morgan fingerprint density at radius 3 is 2.55 bits per heavy atom. The van der Waals surface area contributed by atoms with E-state index in [0.29, 0.717) is 17.1 Å². The Bertz CT molecular complexity index is 1270. The molecule has 7 heteroatoms. The van der Waals surface area contributed by atoms with Crippen molar-refractivity contribution in [2.45, 2.75) is 6.92 Å². The summed E-state index contributed by atoms with van der Waals surface area (Å²) in [6.07, 6.45) is 5.15. The quantitative estimate of drug-likeness (QED) is 0.359. The SMILES string of the molecule is Cc1cc(C(=O)O)ccc1-c1ccc(C=NNC(=O)c2ccccc2-n2cccc2)o1. The minimum atomic E-state index is -0.976. The van der Waals surface area contributed by atoms with E-state index in [-0.39, 0.29) is 11.5 Å². The molecule has 0 saturated heterocycles. The molecule has 0 radical (unpaired) electrons. The van der Waals surface area contributed by atoms with Gasteiger partial charge in [-0.25, -0.2) is 10.2 Å². The summed E-state index contributed by atoms with van der Waals surface area (Å²) in [5, 5.41) is 13.1.